The fraction of sp³-hybridized carbons (Fsp3) is 0.762. The van der Waals surface area contributed by atoms with E-state index >= 15 is 0 Å². The van der Waals surface area contributed by atoms with Crippen molar-refractivity contribution in [3.05, 3.63) is 41.2 Å². The maximum Gasteiger partial charge on any atom is 0.309 e. The number of esters is 1. The minimum Gasteiger partial charge on any atom is -0.481 e. The number of carboxylic acids is 1. The van der Waals surface area contributed by atoms with Gasteiger partial charge in [0.15, 0.2) is 5.78 Å². The number of hydrogen-bond donors (Lipinski definition) is 3. The Bertz CT molecular complexity index is 1520. The number of pyridine rings is 1. The summed E-state index contributed by atoms with van der Waals surface area (Å²) in [5, 5.41) is 25.1. The number of fused-ring (bicyclic) bond motifs is 7. The van der Waals surface area contributed by atoms with Crippen molar-refractivity contribution in [1.82, 2.24) is 10.3 Å². The first-order valence-corrected chi connectivity index (χ1v) is 19.4. The van der Waals surface area contributed by atoms with Gasteiger partial charge in [-0.05, 0) is 129 Å². The second-order valence-corrected chi connectivity index (χ2v) is 18.9. The van der Waals surface area contributed by atoms with Gasteiger partial charge >= 0.3 is 11.9 Å². The first-order chi connectivity index (χ1) is 23.4. The molecule has 8 unspecified atom stereocenters. The SMILES string of the molecule is CC(C)C1=C2C3CCC4C(C)(CCC5C(C)(C)C(OC(=O)CC(C)(C)C(=O)O)CCC54C)C3CCC2([C@@H](O)CNCc2ccncc2)CC1=O. The molecule has 3 N–H and O–H groups in total. The number of ketones is 1. The molecule has 0 saturated heterocycles. The Morgan fingerprint density at radius 1 is 0.980 bits per heavy atom. The predicted molar refractivity (Wildman–Crippen MR) is 193 cm³/mol. The molecule has 0 amide bonds. The van der Waals surface area contributed by atoms with E-state index < -0.39 is 28.9 Å². The van der Waals surface area contributed by atoms with Crippen LogP contribution in [0.3, 0.4) is 0 Å². The lowest BCUT2D eigenvalue weighted by atomic mass is 9.36. The van der Waals surface area contributed by atoms with Gasteiger partial charge in [0.2, 0.25) is 0 Å². The van der Waals surface area contributed by atoms with Crippen LogP contribution in [0.15, 0.2) is 35.7 Å². The summed E-state index contributed by atoms with van der Waals surface area (Å²) in [6, 6.07) is 3.98. The largest absolute Gasteiger partial charge is 0.481 e. The summed E-state index contributed by atoms with van der Waals surface area (Å²) in [4.78, 5) is 42.7. The van der Waals surface area contributed by atoms with Gasteiger partial charge in [-0.2, -0.15) is 0 Å². The third kappa shape index (κ3) is 5.98. The van der Waals surface area contributed by atoms with Crippen LogP contribution in [0.1, 0.15) is 125 Å². The number of ether oxygens (including phenoxy) is 1. The van der Waals surface area contributed by atoms with Crippen LogP contribution < -0.4 is 5.32 Å². The zero-order valence-electron chi connectivity index (χ0n) is 31.8. The number of aliphatic hydroxyl groups excluding tert-OH is 1. The molecule has 1 heterocycles. The number of hydrogen-bond acceptors (Lipinski definition) is 7. The van der Waals surface area contributed by atoms with Gasteiger partial charge < -0.3 is 20.3 Å². The summed E-state index contributed by atoms with van der Waals surface area (Å²) in [6.07, 6.45) is 11.0. The summed E-state index contributed by atoms with van der Waals surface area (Å²) in [6.45, 7) is 18.2. The lowest BCUT2D eigenvalue weighted by Crippen LogP contribution is -2.63. The molecule has 4 fully saturated rings. The molecule has 50 heavy (non-hydrogen) atoms. The first-order valence-electron chi connectivity index (χ1n) is 19.4. The smallest absolute Gasteiger partial charge is 0.309 e. The van der Waals surface area contributed by atoms with Crippen LogP contribution in [0.5, 0.6) is 0 Å². The molecule has 0 aromatic carbocycles. The number of aromatic nitrogens is 1. The molecule has 5 aliphatic carbocycles. The van der Waals surface area contributed by atoms with Crippen LogP contribution in [0, 0.1) is 56.7 Å². The Labute approximate surface area is 299 Å². The molecule has 0 aliphatic heterocycles. The Hall–Kier alpha value is -2.58. The Kier molecular flexibility index (Phi) is 9.76. The van der Waals surface area contributed by atoms with Gasteiger partial charge in [0.25, 0.3) is 0 Å². The van der Waals surface area contributed by atoms with Crippen molar-refractivity contribution < 1.29 is 29.3 Å². The van der Waals surface area contributed by atoms with E-state index in [1.165, 1.54) is 5.57 Å². The van der Waals surface area contributed by atoms with E-state index in [0.717, 1.165) is 62.5 Å². The van der Waals surface area contributed by atoms with Gasteiger partial charge in [-0.25, -0.2) is 0 Å². The van der Waals surface area contributed by atoms with Crippen LogP contribution >= 0.6 is 0 Å². The van der Waals surface area contributed by atoms with Crippen LogP contribution in [0.2, 0.25) is 0 Å². The minimum absolute atomic E-state index is 0.0936. The number of aliphatic carboxylic acids is 1. The summed E-state index contributed by atoms with van der Waals surface area (Å²) in [5.74, 6) is 0.664. The highest BCUT2D eigenvalue weighted by atomic mass is 16.5. The van der Waals surface area contributed by atoms with E-state index in [1.807, 2.05) is 12.1 Å². The van der Waals surface area contributed by atoms with Crippen LogP contribution in [0.4, 0.5) is 0 Å². The molecule has 1 aromatic rings. The van der Waals surface area contributed by atoms with Gasteiger partial charge in [-0.1, -0.05) is 47.1 Å². The topological polar surface area (TPSA) is 126 Å². The number of rotatable bonds is 10. The van der Waals surface area contributed by atoms with Gasteiger partial charge in [0.05, 0.1) is 17.9 Å². The summed E-state index contributed by atoms with van der Waals surface area (Å²) in [7, 11) is 0. The third-order valence-electron chi connectivity index (χ3n) is 15.1. The Morgan fingerprint density at radius 2 is 1.66 bits per heavy atom. The van der Waals surface area contributed by atoms with E-state index in [9.17, 15) is 24.6 Å². The second-order valence-electron chi connectivity index (χ2n) is 18.9. The molecule has 0 bridgehead atoms. The van der Waals surface area contributed by atoms with Crippen molar-refractivity contribution in [3.8, 4) is 0 Å². The summed E-state index contributed by atoms with van der Waals surface area (Å²) in [5.41, 5.74) is 1.77. The number of carbonyl (C=O) groups excluding carboxylic acids is 2. The molecule has 5 aliphatic rings. The average Bonchev–Trinajstić information content (AvgIpc) is 3.36. The van der Waals surface area contributed by atoms with Crippen molar-refractivity contribution in [3.63, 3.8) is 0 Å². The molecular formula is C42H62N2O6. The molecule has 0 spiro atoms. The molecule has 8 heteroatoms. The molecular weight excluding hydrogens is 628 g/mol. The number of carboxylic acid groups (broad SMARTS) is 1. The molecule has 276 valence electrons. The van der Waals surface area contributed by atoms with E-state index in [2.05, 4.69) is 51.8 Å². The Morgan fingerprint density at radius 3 is 2.32 bits per heavy atom. The van der Waals surface area contributed by atoms with Gasteiger partial charge in [0.1, 0.15) is 6.10 Å². The van der Waals surface area contributed by atoms with Crippen molar-refractivity contribution >= 4 is 17.7 Å². The van der Waals surface area contributed by atoms with Crippen LogP contribution in [-0.4, -0.2) is 51.7 Å². The Balaban J connectivity index is 1.23. The van der Waals surface area contributed by atoms with Crippen molar-refractivity contribution in [2.45, 2.75) is 138 Å². The average molecular weight is 691 g/mol. The number of allylic oxidation sites excluding steroid dienone is 1. The van der Waals surface area contributed by atoms with Crippen molar-refractivity contribution in [1.29, 1.82) is 0 Å². The zero-order chi connectivity index (χ0) is 36.4. The van der Waals surface area contributed by atoms with E-state index in [0.29, 0.717) is 43.2 Å². The fourth-order valence-electron chi connectivity index (χ4n) is 12.6. The molecule has 6 rings (SSSR count). The van der Waals surface area contributed by atoms with E-state index in [4.69, 9.17) is 4.74 Å². The van der Waals surface area contributed by atoms with Crippen LogP contribution in [0.25, 0.3) is 0 Å². The molecule has 4 saturated carbocycles. The highest BCUT2D eigenvalue weighted by Gasteiger charge is 2.67. The van der Waals surface area contributed by atoms with Crippen molar-refractivity contribution in [2.24, 2.45) is 56.7 Å². The lowest BCUT2D eigenvalue weighted by molar-refractivity contribution is -0.214. The quantitative estimate of drug-likeness (QED) is 0.215. The highest BCUT2D eigenvalue weighted by molar-refractivity contribution is 6.00. The minimum atomic E-state index is -1.16. The third-order valence-corrected chi connectivity index (χ3v) is 15.1. The fourth-order valence-corrected chi connectivity index (χ4v) is 12.6. The second kappa shape index (κ2) is 13.1. The molecule has 1 aromatic heterocycles. The normalized spacial score (nSPS) is 37.0. The number of Topliss-reactive ketones (excluding diaryl/α,β-unsaturated/α-hetero) is 1. The number of aliphatic hydroxyl groups is 1. The van der Waals surface area contributed by atoms with Gasteiger partial charge in [-0.3, -0.25) is 19.4 Å². The van der Waals surface area contributed by atoms with E-state index in [1.54, 1.807) is 26.2 Å². The molecule has 0 radical (unpaired) electrons. The van der Waals surface area contributed by atoms with Crippen molar-refractivity contribution in [2.75, 3.05) is 6.54 Å². The van der Waals surface area contributed by atoms with E-state index in [-0.39, 0.29) is 40.5 Å². The monoisotopic (exact) mass is 690 g/mol. The first kappa shape index (κ1) is 37.2. The van der Waals surface area contributed by atoms with Gasteiger partial charge in [0, 0.05) is 42.7 Å². The molecule has 8 nitrogen and oxygen atoms in total. The number of carbonyl (C=O) groups is 3. The zero-order valence-corrected chi connectivity index (χ0v) is 31.8. The predicted octanol–water partition coefficient (Wildman–Crippen LogP) is 7.54. The standard InChI is InChI=1S/C42H62N2O6/c1-25(2)35-29(45)21-42(32(46)24-44-23-26-14-19-43-20-15-26)18-11-28-27(36(35)42)9-10-31-40(28,7)16-12-30-39(5,6)33(13-17-41(30,31)8)50-34(47)22-38(3,4)37(48)49/h14-15,19-20,25,27-28,30-33,44,46H,9-13,16-18,21-24H2,1-8H3,(H,48,49)/t27?,28?,30?,31?,32-,33?,40?,41?,42?/m0/s1. The van der Waals surface area contributed by atoms with Crippen LogP contribution in [-0.2, 0) is 25.7 Å². The lowest BCUT2D eigenvalue weighted by Gasteiger charge is -2.69. The summed E-state index contributed by atoms with van der Waals surface area (Å²) >= 11 is 0. The maximum atomic E-state index is 13.9. The van der Waals surface area contributed by atoms with Gasteiger partial charge in [-0.15, -0.1) is 0 Å². The number of nitrogens with zero attached hydrogens (tertiary/aromatic N) is 1. The summed E-state index contributed by atoms with van der Waals surface area (Å²) < 4.78 is 6.14. The highest BCUT2D eigenvalue weighted by Crippen LogP contribution is 2.73. The molecule has 9 atom stereocenters. The number of nitrogens with one attached hydrogen (secondary N) is 1. The maximum absolute atomic E-state index is 13.9.